The number of alkyl halides is 1. The van der Waals surface area contributed by atoms with E-state index in [4.69, 9.17) is 11.6 Å². The van der Waals surface area contributed by atoms with Crippen molar-refractivity contribution >= 4 is 11.6 Å². The van der Waals surface area contributed by atoms with Gasteiger partial charge in [-0.05, 0) is 25.7 Å². The van der Waals surface area contributed by atoms with Crippen molar-refractivity contribution in [2.75, 3.05) is 0 Å². The zero-order valence-electron chi connectivity index (χ0n) is 5.86. The van der Waals surface area contributed by atoms with Crippen molar-refractivity contribution in [2.45, 2.75) is 38.0 Å². The molecule has 0 amide bonds. The molecule has 1 aliphatic rings. The van der Waals surface area contributed by atoms with E-state index in [9.17, 15) is 0 Å². The van der Waals surface area contributed by atoms with Crippen LogP contribution < -0.4 is 0 Å². The van der Waals surface area contributed by atoms with Crippen LogP contribution in [-0.2, 0) is 0 Å². The minimum atomic E-state index is 0.327. The zero-order chi connectivity index (χ0) is 6.69. The van der Waals surface area contributed by atoms with E-state index in [1.807, 2.05) is 0 Å². The third-order valence-corrected chi connectivity index (χ3v) is 2.19. The molecule has 52 valence electrons. The molecule has 0 radical (unpaired) electrons. The van der Waals surface area contributed by atoms with E-state index in [1.165, 1.54) is 25.7 Å². The lowest BCUT2D eigenvalue weighted by Crippen LogP contribution is -2.02. The Bertz CT molecular complexity index is 116. The van der Waals surface area contributed by atoms with Crippen LogP contribution in [0.25, 0.3) is 0 Å². The molecular weight excluding hydrogens is 132 g/mol. The van der Waals surface area contributed by atoms with Crippen LogP contribution in [0.15, 0.2) is 11.6 Å². The Labute approximate surface area is 61.9 Å². The molecule has 0 aromatic carbocycles. The highest BCUT2D eigenvalue weighted by Gasteiger charge is 2.08. The van der Waals surface area contributed by atoms with Crippen LogP contribution in [0.4, 0.5) is 0 Å². The van der Waals surface area contributed by atoms with Gasteiger partial charge in [-0.15, -0.1) is 11.6 Å². The van der Waals surface area contributed by atoms with Crippen LogP contribution >= 0.6 is 11.6 Å². The normalized spacial score (nSPS) is 27.8. The largest absolute Gasteiger partial charge is 0.118 e. The molecule has 0 heterocycles. The fraction of sp³-hybridized carbons (Fsp3) is 0.750. The minimum Gasteiger partial charge on any atom is -0.118 e. The van der Waals surface area contributed by atoms with Gasteiger partial charge in [0.1, 0.15) is 0 Å². The number of hydrogen-bond acceptors (Lipinski definition) is 0. The molecule has 1 rings (SSSR count). The first kappa shape index (κ1) is 7.14. The average molecular weight is 145 g/mol. The molecule has 0 nitrogen and oxygen atoms in total. The smallest absolute Gasteiger partial charge is 0.0518 e. The summed E-state index contributed by atoms with van der Waals surface area (Å²) in [7, 11) is 0. The summed E-state index contributed by atoms with van der Waals surface area (Å²) >= 11 is 5.91. The zero-order valence-corrected chi connectivity index (χ0v) is 6.62. The maximum atomic E-state index is 5.91. The molecule has 0 aromatic heterocycles. The van der Waals surface area contributed by atoms with Crippen LogP contribution in [0.1, 0.15) is 32.6 Å². The van der Waals surface area contributed by atoms with Crippen molar-refractivity contribution in [2.24, 2.45) is 0 Å². The SMILES string of the molecule is CCC1=CC(Cl)CCC1. The fourth-order valence-electron chi connectivity index (χ4n) is 1.24. The standard InChI is InChI=1S/C8H13Cl/c1-2-7-4-3-5-8(9)6-7/h6,8H,2-5H2,1H3. The highest BCUT2D eigenvalue weighted by molar-refractivity contribution is 6.21. The topological polar surface area (TPSA) is 0 Å². The van der Waals surface area contributed by atoms with Gasteiger partial charge >= 0.3 is 0 Å². The Morgan fingerprint density at radius 2 is 2.56 bits per heavy atom. The summed E-state index contributed by atoms with van der Waals surface area (Å²) < 4.78 is 0. The maximum Gasteiger partial charge on any atom is 0.0518 e. The second kappa shape index (κ2) is 3.26. The number of rotatable bonds is 1. The third-order valence-electron chi connectivity index (χ3n) is 1.85. The van der Waals surface area contributed by atoms with Crippen molar-refractivity contribution < 1.29 is 0 Å². The molecule has 0 aliphatic heterocycles. The Balaban J connectivity index is 2.49. The summed E-state index contributed by atoms with van der Waals surface area (Å²) in [5.74, 6) is 0. The number of halogens is 1. The highest BCUT2D eigenvalue weighted by atomic mass is 35.5. The quantitative estimate of drug-likeness (QED) is 0.392. The molecule has 9 heavy (non-hydrogen) atoms. The van der Waals surface area contributed by atoms with Crippen molar-refractivity contribution in [1.29, 1.82) is 0 Å². The first-order chi connectivity index (χ1) is 4.33. The molecule has 1 aliphatic carbocycles. The Morgan fingerprint density at radius 3 is 3.00 bits per heavy atom. The summed E-state index contributed by atoms with van der Waals surface area (Å²) in [6.07, 6.45) is 7.13. The molecular formula is C8H13Cl. The maximum absolute atomic E-state index is 5.91. The average Bonchev–Trinajstić information content (AvgIpc) is 1.88. The van der Waals surface area contributed by atoms with Gasteiger partial charge in [-0.1, -0.05) is 18.6 Å². The summed E-state index contributed by atoms with van der Waals surface area (Å²) in [6, 6.07) is 0. The van der Waals surface area contributed by atoms with Gasteiger partial charge in [-0.3, -0.25) is 0 Å². The van der Waals surface area contributed by atoms with Gasteiger partial charge in [0.25, 0.3) is 0 Å². The summed E-state index contributed by atoms with van der Waals surface area (Å²) in [6.45, 7) is 2.20. The highest BCUT2D eigenvalue weighted by Crippen LogP contribution is 2.23. The summed E-state index contributed by atoms with van der Waals surface area (Å²) in [5, 5.41) is 0.327. The first-order valence-electron chi connectivity index (χ1n) is 3.66. The lowest BCUT2D eigenvalue weighted by molar-refractivity contribution is 0.689. The van der Waals surface area contributed by atoms with E-state index in [-0.39, 0.29) is 0 Å². The molecule has 0 saturated carbocycles. The predicted molar refractivity (Wildman–Crippen MR) is 41.9 cm³/mol. The molecule has 0 bridgehead atoms. The van der Waals surface area contributed by atoms with Gasteiger partial charge in [0.2, 0.25) is 0 Å². The summed E-state index contributed by atoms with van der Waals surface area (Å²) in [4.78, 5) is 0. The molecule has 0 N–H and O–H groups in total. The second-order valence-electron chi connectivity index (χ2n) is 2.59. The Hall–Kier alpha value is 0.0300. The van der Waals surface area contributed by atoms with Crippen LogP contribution in [0.2, 0.25) is 0 Å². The van der Waals surface area contributed by atoms with E-state index in [2.05, 4.69) is 13.0 Å². The Kier molecular flexibility index (Phi) is 2.59. The van der Waals surface area contributed by atoms with Crippen LogP contribution in [-0.4, -0.2) is 5.38 Å². The molecule has 0 saturated heterocycles. The lowest BCUT2D eigenvalue weighted by Gasteiger charge is -2.14. The van der Waals surface area contributed by atoms with Gasteiger partial charge in [0.15, 0.2) is 0 Å². The predicted octanol–water partition coefficient (Wildman–Crippen LogP) is 3.11. The van der Waals surface area contributed by atoms with Crippen LogP contribution in [0.3, 0.4) is 0 Å². The van der Waals surface area contributed by atoms with Crippen molar-refractivity contribution in [3.8, 4) is 0 Å². The fourth-order valence-corrected chi connectivity index (χ4v) is 1.57. The van der Waals surface area contributed by atoms with Gasteiger partial charge in [0, 0.05) is 0 Å². The molecule has 0 aromatic rings. The summed E-state index contributed by atoms with van der Waals surface area (Å²) in [5.41, 5.74) is 1.54. The van der Waals surface area contributed by atoms with Gasteiger partial charge in [-0.2, -0.15) is 0 Å². The first-order valence-corrected chi connectivity index (χ1v) is 4.10. The number of allylic oxidation sites excluding steroid dienone is 2. The van der Waals surface area contributed by atoms with Crippen LogP contribution in [0, 0.1) is 0 Å². The molecule has 0 fully saturated rings. The monoisotopic (exact) mass is 144 g/mol. The van der Waals surface area contributed by atoms with E-state index >= 15 is 0 Å². The van der Waals surface area contributed by atoms with Crippen molar-refractivity contribution in [1.82, 2.24) is 0 Å². The Morgan fingerprint density at radius 1 is 1.78 bits per heavy atom. The second-order valence-corrected chi connectivity index (χ2v) is 3.15. The van der Waals surface area contributed by atoms with Gasteiger partial charge < -0.3 is 0 Å². The van der Waals surface area contributed by atoms with E-state index < -0.39 is 0 Å². The van der Waals surface area contributed by atoms with E-state index in [0.29, 0.717) is 5.38 Å². The molecule has 1 unspecified atom stereocenters. The minimum absolute atomic E-state index is 0.327. The third kappa shape index (κ3) is 2.02. The van der Waals surface area contributed by atoms with E-state index in [1.54, 1.807) is 5.57 Å². The number of hydrogen-bond donors (Lipinski definition) is 0. The van der Waals surface area contributed by atoms with Gasteiger partial charge in [0.05, 0.1) is 5.38 Å². The van der Waals surface area contributed by atoms with Crippen LogP contribution in [0.5, 0.6) is 0 Å². The van der Waals surface area contributed by atoms with E-state index in [0.717, 1.165) is 0 Å². The van der Waals surface area contributed by atoms with Crippen molar-refractivity contribution in [3.05, 3.63) is 11.6 Å². The molecule has 1 heteroatoms. The molecule has 0 spiro atoms. The van der Waals surface area contributed by atoms with Gasteiger partial charge in [-0.25, -0.2) is 0 Å². The van der Waals surface area contributed by atoms with Crippen molar-refractivity contribution in [3.63, 3.8) is 0 Å². The molecule has 1 atom stereocenters. The lowest BCUT2D eigenvalue weighted by atomic mass is 9.98.